The van der Waals surface area contributed by atoms with E-state index < -0.39 is 11.6 Å². The highest BCUT2D eigenvalue weighted by Crippen LogP contribution is 2.29. The molecule has 2 aromatic carbocycles. The third kappa shape index (κ3) is 4.63. The van der Waals surface area contributed by atoms with Crippen LogP contribution in [0.5, 0.6) is 5.75 Å². The quantitative estimate of drug-likeness (QED) is 0.662. The summed E-state index contributed by atoms with van der Waals surface area (Å²) in [5.41, 5.74) is 1.85. The Hall–Kier alpha value is -3.55. The van der Waals surface area contributed by atoms with Crippen LogP contribution in [0.2, 0.25) is 0 Å². The molecule has 0 unspecified atom stereocenters. The van der Waals surface area contributed by atoms with Crippen LogP contribution in [-0.2, 0) is 4.79 Å². The summed E-state index contributed by atoms with van der Waals surface area (Å²) in [5.74, 6) is -0.837. The van der Waals surface area contributed by atoms with Gasteiger partial charge in [-0.2, -0.15) is 0 Å². The second-order valence-corrected chi connectivity index (χ2v) is 7.36. The molecule has 1 fully saturated rings. The van der Waals surface area contributed by atoms with Gasteiger partial charge in [0, 0.05) is 36.3 Å². The van der Waals surface area contributed by atoms with E-state index in [4.69, 9.17) is 4.74 Å². The largest absolute Gasteiger partial charge is 0.496 e. The third-order valence-electron chi connectivity index (χ3n) is 5.41. The topological polar surface area (TPSA) is 67.3 Å². The minimum Gasteiger partial charge on any atom is -0.496 e. The van der Waals surface area contributed by atoms with Crippen molar-refractivity contribution in [3.8, 4) is 17.0 Å². The number of aromatic nitrogens is 2. The first kappa shape index (κ1) is 20.7. The van der Waals surface area contributed by atoms with Crippen molar-refractivity contribution in [1.29, 1.82) is 0 Å². The van der Waals surface area contributed by atoms with Gasteiger partial charge in [0.1, 0.15) is 5.75 Å². The van der Waals surface area contributed by atoms with Crippen LogP contribution in [0.15, 0.2) is 54.6 Å². The number of nitrogens with zero attached hydrogens (tertiary/aromatic N) is 3. The van der Waals surface area contributed by atoms with Crippen LogP contribution in [0.4, 0.5) is 20.3 Å². The molecule has 1 amide bonds. The van der Waals surface area contributed by atoms with Crippen molar-refractivity contribution < 1.29 is 18.3 Å². The number of carbonyl (C=O) groups excluding carboxylic acids is 1. The standard InChI is InChI=1S/C23H22F2N4O2/c1-31-21-5-3-2-4-17(21)20-8-9-22(28-27-20)29-12-10-15(11-13-29)23(30)26-16-6-7-18(24)19(25)14-16/h2-9,14-15H,10-13H2,1H3,(H,26,30). The number of anilines is 2. The molecule has 1 aromatic heterocycles. The van der Waals surface area contributed by atoms with E-state index in [-0.39, 0.29) is 17.5 Å². The van der Waals surface area contributed by atoms with Crippen LogP contribution in [-0.4, -0.2) is 36.3 Å². The van der Waals surface area contributed by atoms with Crippen molar-refractivity contribution in [3.05, 3.63) is 66.2 Å². The highest BCUT2D eigenvalue weighted by molar-refractivity contribution is 5.92. The first-order chi connectivity index (χ1) is 15.0. The Morgan fingerprint density at radius 3 is 2.48 bits per heavy atom. The van der Waals surface area contributed by atoms with E-state index in [0.29, 0.717) is 25.9 Å². The summed E-state index contributed by atoms with van der Waals surface area (Å²) in [6, 6.07) is 14.8. The van der Waals surface area contributed by atoms with Gasteiger partial charge in [0.05, 0.1) is 12.8 Å². The lowest BCUT2D eigenvalue weighted by atomic mass is 9.95. The van der Waals surface area contributed by atoms with Crippen LogP contribution >= 0.6 is 0 Å². The number of hydrogen-bond donors (Lipinski definition) is 1. The Morgan fingerprint density at radius 1 is 1.03 bits per heavy atom. The summed E-state index contributed by atoms with van der Waals surface area (Å²) in [6.07, 6.45) is 1.26. The molecule has 0 radical (unpaired) electrons. The summed E-state index contributed by atoms with van der Waals surface area (Å²) in [5, 5.41) is 11.4. The van der Waals surface area contributed by atoms with Crippen molar-refractivity contribution in [2.24, 2.45) is 5.92 Å². The molecule has 1 aliphatic heterocycles. The fraction of sp³-hybridized carbons (Fsp3) is 0.261. The molecule has 1 saturated heterocycles. The first-order valence-corrected chi connectivity index (χ1v) is 10.0. The van der Waals surface area contributed by atoms with Gasteiger partial charge in [0.25, 0.3) is 0 Å². The Bertz CT molecular complexity index is 1070. The van der Waals surface area contributed by atoms with E-state index in [9.17, 15) is 13.6 Å². The molecule has 8 heteroatoms. The van der Waals surface area contributed by atoms with E-state index in [2.05, 4.69) is 20.4 Å². The number of amides is 1. The molecule has 1 N–H and O–H groups in total. The third-order valence-corrected chi connectivity index (χ3v) is 5.41. The molecule has 1 aliphatic rings. The number of methoxy groups -OCH3 is 1. The van der Waals surface area contributed by atoms with Gasteiger partial charge < -0.3 is 15.0 Å². The number of para-hydroxylation sites is 1. The molecule has 0 spiro atoms. The van der Waals surface area contributed by atoms with Crippen molar-refractivity contribution in [3.63, 3.8) is 0 Å². The Balaban J connectivity index is 1.36. The number of nitrogens with one attached hydrogen (secondary N) is 1. The Labute approximate surface area is 178 Å². The summed E-state index contributed by atoms with van der Waals surface area (Å²) >= 11 is 0. The van der Waals surface area contributed by atoms with Crippen LogP contribution in [0.25, 0.3) is 11.3 Å². The zero-order valence-electron chi connectivity index (χ0n) is 17.0. The van der Waals surface area contributed by atoms with Crippen molar-refractivity contribution in [2.45, 2.75) is 12.8 Å². The fourth-order valence-electron chi connectivity index (χ4n) is 3.68. The second-order valence-electron chi connectivity index (χ2n) is 7.36. The molecule has 2 heterocycles. The van der Waals surface area contributed by atoms with Crippen molar-refractivity contribution >= 4 is 17.4 Å². The predicted octanol–water partition coefficient (Wildman–Crippen LogP) is 4.29. The molecule has 0 saturated carbocycles. The van der Waals surface area contributed by atoms with Crippen LogP contribution in [0.1, 0.15) is 12.8 Å². The SMILES string of the molecule is COc1ccccc1-c1ccc(N2CCC(C(=O)Nc3ccc(F)c(F)c3)CC2)nn1. The number of piperidine rings is 1. The van der Waals surface area contributed by atoms with E-state index >= 15 is 0 Å². The minimum atomic E-state index is -0.984. The van der Waals surface area contributed by atoms with E-state index in [0.717, 1.165) is 35.0 Å². The number of benzene rings is 2. The smallest absolute Gasteiger partial charge is 0.227 e. The Morgan fingerprint density at radius 2 is 1.81 bits per heavy atom. The van der Waals surface area contributed by atoms with Gasteiger partial charge in [-0.25, -0.2) is 8.78 Å². The molecule has 3 aromatic rings. The van der Waals surface area contributed by atoms with Gasteiger partial charge in [-0.15, -0.1) is 10.2 Å². The molecule has 4 rings (SSSR count). The lowest BCUT2D eigenvalue weighted by Gasteiger charge is -2.31. The zero-order valence-corrected chi connectivity index (χ0v) is 17.0. The van der Waals surface area contributed by atoms with Gasteiger partial charge in [0.2, 0.25) is 5.91 Å². The number of carbonyl (C=O) groups is 1. The molecule has 0 bridgehead atoms. The number of rotatable bonds is 5. The molecule has 31 heavy (non-hydrogen) atoms. The second kappa shape index (κ2) is 9.07. The van der Waals surface area contributed by atoms with Crippen LogP contribution in [0, 0.1) is 17.6 Å². The van der Waals surface area contributed by atoms with Gasteiger partial charge in [0.15, 0.2) is 17.5 Å². The van der Waals surface area contributed by atoms with E-state index in [1.165, 1.54) is 6.07 Å². The fourth-order valence-corrected chi connectivity index (χ4v) is 3.68. The Kier molecular flexibility index (Phi) is 6.06. The van der Waals surface area contributed by atoms with Gasteiger partial charge >= 0.3 is 0 Å². The highest BCUT2D eigenvalue weighted by atomic mass is 19.2. The maximum Gasteiger partial charge on any atom is 0.227 e. The summed E-state index contributed by atoms with van der Waals surface area (Å²) in [7, 11) is 1.62. The molecular formula is C23H22F2N4O2. The molecule has 6 nitrogen and oxygen atoms in total. The molecule has 160 valence electrons. The predicted molar refractivity (Wildman–Crippen MR) is 114 cm³/mol. The van der Waals surface area contributed by atoms with Crippen LogP contribution < -0.4 is 15.0 Å². The molecule has 0 aliphatic carbocycles. The number of halogens is 2. The molecule has 0 atom stereocenters. The van der Waals surface area contributed by atoms with Gasteiger partial charge in [-0.1, -0.05) is 12.1 Å². The lowest BCUT2D eigenvalue weighted by Crippen LogP contribution is -2.38. The van der Waals surface area contributed by atoms with E-state index in [1.807, 2.05) is 36.4 Å². The first-order valence-electron chi connectivity index (χ1n) is 10.0. The minimum absolute atomic E-state index is 0.191. The average molecular weight is 424 g/mol. The number of hydrogen-bond acceptors (Lipinski definition) is 5. The van der Waals surface area contributed by atoms with Gasteiger partial charge in [-0.3, -0.25) is 4.79 Å². The monoisotopic (exact) mass is 424 g/mol. The maximum absolute atomic E-state index is 13.3. The number of ether oxygens (including phenoxy) is 1. The summed E-state index contributed by atoms with van der Waals surface area (Å²) in [4.78, 5) is 14.6. The lowest BCUT2D eigenvalue weighted by molar-refractivity contribution is -0.120. The van der Waals surface area contributed by atoms with E-state index in [1.54, 1.807) is 7.11 Å². The summed E-state index contributed by atoms with van der Waals surface area (Å²) < 4.78 is 31.8. The average Bonchev–Trinajstić information content (AvgIpc) is 2.81. The van der Waals surface area contributed by atoms with Gasteiger partial charge in [-0.05, 0) is 49.2 Å². The highest BCUT2D eigenvalue weighted by Gasteiger charge is 2.26. The maximum atomic E-state index is 13.3. The van der Waals surface area contributed by atoms with Crippen molar-refractivity contribution in [1.82, 2.24) is 10.2 Å². The zero-order chi connectivity index (χ0) is 21.8. The normalized spacial score (nSPS) is 14.4. The van der Waals surface area contributed by atoms with Crippen molar-refractivity contribution in [2.75, 3.05) is 30.4 Å². The van der Waals surface area contributed by atoms with Crippen LogP contribution in [0.3, 0.4) is 0 Å². The summed E-state index contributed by atoms with van der Waals surface area (Å²) in [6.45, 7) is 1.30. The molecular weight excluding hydrogens is 402 g/mol.